The highest BCUT2D eigenvalue weighted by atomic mass is 79.9. The summed E-state index contributed by atoms with van der Waals surface area (Å²) in [4.78, 5) is 24.0. The smallest absolute Gasteiger partial charge is 0.329 e. The second-order valence-corrected chi connectivity index (χ2v) is 6.62. The van der Waals surface area contributed by atoms with E-state index in [1.165, 1.54) is 12.1 Å². The average Bonchev–Trinajstić information content (AvgIpc) is 2.38. The molecule has 21 heavy (non-hydrogen) atoms. The molecule has 0 saturated heterocycles. The molecule has 2 unspecified atom stereocenters. The lowest BCUT2D eigenvalue weighted by molar-refractivity contribution is -0.146. The van der Waals surface area contributed by atoms with Crippen LogP contribution >= 0.6 is 15.9 Å². The molecule has 3 N–H and O–H groups in total. The lowest BCUT2D eigenvalue weighted by Crippen LogP contribution is -2.56. The second kappa shape index (κ2) is 6.05. The Bertz CT molecular complexity index is 575. The van der Waals surface area contributed by atoms with Crippen LogP contribution in [0.3, 0.4) is 0 Å². The lowest BCUT2D eigenvalue weighted by Gasteiger charge is -2.37. The van der Waals surface area contributed by atoms with Crippen LogP contribution in [-0.2, 0) is 4.79 Å². The fraction of sp³-hybridized carbons (Fsp3) is 0.467. The van der Waals surface area contributed by atoms with Gasteiger partial charge in [-0.05, 0) is 37.0 Å². The maximum Gasteiger partial charge on any atom is 0.329 e. The first-order valence-electron chi connectivity index (χ1n) is 6.88. The van der Waals surface area contributed by atoms with Gasteiger partial charge in [-0.3, -0.25) is 4.79 Å². The minimum absolute atomic E-state index is 0.0806. The molecule has 0 spiro atoms. The molecule has 2 atom stereocenters. The van der Waals surface area contributed by atoms with Crippen molar-refractivity contribution >= 4 is 27.8 Å². The van der Waals surface area contributed by atoms with E-state index in [0.717, 1.165) is 12.8 Å². The van der Waals surface area contributed by atoms with Crippen LogP contribution in [0.1, 0.15) is 43.0 Å². The monoisotopic (exact) mass is 355 g/mol. The summed E-state index contributed by atoms with van der Waals surface area (Å²) in [5.74, 6) is -1.50. The van der Waals surface area contributed by atoms with Gasteiger partial charge in [0.05, 0.1) is 5.56 Å². The SMILES string of the molecule is CC1CCCC(NC(=O)c2ccc(Br)cc2O)(C(=O)O)C1. The number of phenolic OH excluding ortho intramolecular Hbond substituents is 1. The van der Waals surface area contributed by atoms with Crippen LogP contribution in [0.2, 0.25) is 0 Å². The van der Waals surface area contributed by atoms with Gasteiger partial charge >= 0.3 is 5.97 Å². The molecule has 0 heterocycles. The molecule has 1 amide bonds. The minimum Gasteiger partial charge on any atom is -0.507 e. The number of carbonyl (C=O) groups excluding carboxylic acids is 1. The standard InChI is InChI=1S/C15H18BrNO4/c1-9-3-2-6-15(8-9,14(20)21)17-13(19)11-5-4-10(16)7-12(11)18/h4-5,7,9,18H,2-3,6,8H2,1H3,(H,17,19)(H,20,21). The van der Waals surface area contributed by atoms with Crippen LogP contribution in [0.4, 0.5) is 0 Å². The van der Waals surface area contributed by atoms with E-state index >= 15 is 0 Å². The van der Waals surface area contributed by atoms with Gasteiger partial charge in [0.25, 0.3) is 5.91 Å². The Labute approximate surface area is 131 Å². The maximum atomic E-state index is 12.3. The van der Waals surface area contributed by atoms with Crippen molar-refractivity contribution in [3.63, 3.8) is 0 Å². The molecule has 5 nitrogen and oxygen atoms in total. The highest BCUT2D eigenvalue weighted by Crippen LogP contribution is 2.33. The average molecular weight is 356 g/mol. The number of nitrogens with one attached hydrogen (secondary N) is 1. The molecule has 1 fully saturated rings. The summed E-state index contributed by atoms with van der Waals surface area (Å²) < 4.78 is 0.649. The number of amides is 1. The number of carbonyl (C=O) groups is 2. The summed E-state index contributed by atoms with van der Waals surface area (Å²) in [5.41, 5.74) is -1.16. The number of hydrogen-bond donors (Lipinski definition) is 3. The Balaban J connectivity index is 2.24. The summed E-state index contributed by atoms with van der Waals surface area (Å²) in [6.45, 7) is 1.99. The predicted molar refractivity (Wildman–Crippen MR) is 81.3 cm³/mol. The number of aromatic hydroxyl groups is 1. The molecule has 0 bridgehead atoms. The van der Waals surface area contributed by atoms with Crippen molar-refractivity contribution in [2.45, 2.75) is 38.1 Å². The zero-order chi connectivity index (χ0) is 15.6. The number of benzene rings is 1. The van der Waals surface area contributed by atoms with E-state index in [-0.39, 0.29) is 17.2 Å². The molecular weight excluding hydrogens is 338 g/mol. The number of halogens is 1. The van der Waals surface area contributed by atoms with Gasteiger partial charge in [0.1, 0.15) is 11.3 Å². The van der Waals surface area contributed by atoms with Gasteiger partial charge in [-0.15, -0.1) is 0 Å². The Morgan fingerprint density at radius 2 is 2.14 bits per heavy atom. The van der Waals surface area contributed by atoms with Crippen molar-refractivity contribution in [1.29, 1.82) is 0 Å². The van der Waals surface area contributed by atoms with Crippen molar-refractivity contribution in [3.8, 4) is 5.75 Å². The molecule has 0 radical (unpaired) electrons. The summed E-state index contributed by atoms with van der Waals surface area (Å²) in [7, 11) is 0. The number of rotatable bonds is 3. The molecule has 1 aromatic carbocycles. The van der Waals surface area contributed by atoms with Gasteiger partial charge in [-0.25, -0.2) is 4.79 Å². The van der Waals surface area contributed by atoms with Crippen molar-refractivity contribution in [3.05, 3.63) is 28.2 Å². The second-order valence-electron chi connectivity index (χ2n) is 5.70. The van der Waals surface area contributed by atoms with Crippen LogP contribution in [-0.4, -0.2) is 27.6 Å². The van der Waals surface area contributed by atoms with Gasteiger partial charge in [-0.1, -0.05) is 35.7 Å². The molecule has 1 saturated carbocycles. The lowest BCUT2D eigenvalue weighted by atomic mass is 9.76. The van der Waals surface area contributed by atoms with E-state index in [2.05, 4.69) is 21.2 Å². The molecule has 0 aliphatic heterocycles. The van der Waals surface area contributed by atoms with Crippen LogP contribution in [0.5, 0.6) is 5.75 Å². The largest absolute Gasteiger partial charge is 0.507 e. The first kappa shape index (κ1) is 15.8. The number of carboxylic acids is 1. The fourth-order valence-electron chi connectivity index (χ4n) is 2.89. The van der Waals surface area contributed by atoms with Crippen molar-refractivity contribution < 1.29 is 19.8 Å². The Morgan fingerprint density at radius 1 is 1.43 bits per heavy atom. The topological polar surface area (TPSA) is 86.6 Å². The molecule has 1 aliphatic rings. The van der Waals surface area contributed by atoms with Crippen LogP contribution in [0.15, 0.2) is 22.7 Å². The van der Waals surface area contributed by atoms with Gasteiger partial charge in [0.2, 0.25) is 0 Å². The van der Waals surface area contributed by atoms with E-state index in [0.29, 0.717) is 17.3 Å². The number of hydrogen-bond acceptors (Lipinski definition) is 3. The number of carboxylic acid groups (broad SMARTS) is 1. The van der Waals surface area contributed by atoms with E-state index in [1.54, 1.807) is 6.07 Å². The normalized spacial score (nSPS) is 25.3. The molecule has 1 aromatic rings. The molecule has 114 valence electrons. The highest BCUT2D eigenvalue weighted by molar-refractivity contribution is 9.10. The van der Waals surface area contributed by atoms with Crippen molar-refractivity contribution in [1.82, 2.24) is 5.32 Å². The highest BCUT2D eigenvalue weighted by Gasteiger charge is 2.43. The fourth-order valence-corrected chi connectivity index (χ4v) is 3.24. The predicted octanol–water partition coefficient (Wildman–Crippen LogP) is 2.92. The van der Waals surface area contributed by atoms with Crippen LogP contribution in [0, 0.1) is 5.92 Å². The first-order chi connectivity index (χ1) is 9.84. The molecule has 0 aromatic heterocycles. The first-order valence-corrected chi connectivity index (χ1v) is 7.68. The van der Waals surface area contributed by atoms with Crippen molar-refractivity contribution in [2.24, 2.45) is 5.92 Å². The van der Waals surface area contributed by atoms with E-state index in [1.807, 2.05) is 6.92 Å². The van der Waals surface area contributed by atoms with Gasteiger partial charge < -0.3 is 15.5 Å². The quantitative estimate of drug-likeness (QED) is 0.777. The number of phenols is 1. The minimum atomic E-state index is -1.24. The maximum absolute atomic E-state index is 12.3. The van der Waals surface area contributed by atoms with Crippen LogP contribution < -0.4 is 5.32 Å². The third-order valence-corrected chi connectivity index (χ3v) is 4.46. The van der Waals surface area contributed by atoms with Crippen molar-refractivity contribution in [2.75, 3.05) is 0 Å². The van der Waals surface area contributed by atoms with Crippen LogP contribution in [0.25, 0.3) is 0 Å². The van der Waals surface area contributed by atoms with Gasteiger partial charge in [0.15, 0.2) is 0 Å². The van der Waals surface area contributed by atoms with E-state index in [4.69, 9.17) is 0 Å². The van der Waals surface area contributed by atoms with E-state index < -0.39 is 17.4 Å². The zero-order valence-corrected chi connectivity index (χ0v) is 13.3. The molecule has 6 heteroatoms. The molecular formula is C15H18BrNO4. The Kier molecular flexibility index (Phi) is 4.56. The van der Waals surface area contributed by atoms with Gasteiger partial charge in [0, 0.05) is 4.47 Å². The summed E-state index contributed by atoms with van der Waals surface area (Å²) in [5, 5.41) is 22.0. The Morgan fingerprint density at radius 3 is 2.71 bits per heavy atom. The van der Waals surface area contributed by atoms with Gasteiger partial charge in [-0.2, -0.15) is 0 Å². The zero-order valence-electron chi connectivity index (χ0n) is 11.7. The third kappa shape index (κ3) is 3.37. The van der Waals surface area contributed by atoms with E-state index in [9.17, 15) is 19.8 Å². The molecule has 2 rings (SSSR count). The summed E-state index contributed by atoms with van der Waals surface area (Å²) >= 11 is 3.20. The third-order valence-electron chi connectivity index (χ3n) is 3.96. The number of aliphatic carboxylic acids is 1. The Hall–Kier alpha value is -1.56. The summed E-state index contributed by atoms with van der Waals surface area (Å²) in [6.07, 6.45) is 2.55. The summed E-state index contributed by atoms with van der Waals surface area (Å²) in [6, 6.07) is 4.51. The molecule has 1 aliphatic carbocycles.